The van der Waals surface area contributed by atoms with Gasteiger partial charge in [-0.25, -0.2) is 4.98 Å². The van der Waals surface area contributed by atoms with Crippen LogP contribution < -0.4 is 5.56 Å². The number of aliphatic hydroxyl groups excluding tert-OH is 1. The van der Waals surface area contributed by atoms with Crippen LogP contribution in [0.15, 0.2) is 51.9 Å². The van der Waals surface area contributed by atoms with Crippen molar-refractivity contribution in [3.05, 3.63) is 64.6 Å². The third-order valence-corrected chi connectivity index (χ3v) is 3.58. The van der Waals surface area contributed by atoms with Crippen LogP contribution in [-0.4, -0.2) is 27.4 Å². The molecule has 3 aromatic rings. The molecule has 120 valence electrons. The number of aliphatic hydroxyl groups is 1. The molecule has 1 unspecified atom stereocenters. The highest BCUT2D eigenvalue weighted by molar-refractivity contribution is 5.77. The standard InChI is InChI=1S/C17H18N2O4/c1-12-18-16-7-3-2-6-15(16)17(21)19(12)9-13(20)10-22-11-14-5-4-8-23-14/h2-8,13,20H,9-11H2,1H3. The second-order valence-electron chi connectivity index (χ2n) is 5.34. The molecule has 0 aliphatic heterocycles. The molecule has 2 heterocycles. The largest absolute Gasteiger partial charge is 0.467 e. The van der Waals surface area contributed by atoms with E-state index < -0.39 is 6.10 Å². The summed E-state index contributed by atoms with van der Waals surface area (Å²) in [6.07, 6.45) is 0.767. The van der Waals surface area contributed by atoms with Crippen LogP contribution in [-0.2, 0) is 17.9 Å². The Morgan fingerprint density at radius 1 is 1.30 bits per heavy atom. The summed E-state index contributed by atoms with van der Waals surface area (Å²) >= 11 is 0. The maximum absolute atomic E-state index is 12.5. The van der Waals surface area contributed by atoms with Crippen molar-refractivity contribution < 1.29 is 14.3 Å². The SMILES string of the molecule is Cc1nc2ccccc2c(=O)n1CC(O)COCc1ccco1. The van der Waals surface area contributed by atoms with E-state index in [1.165, 1.54) is 4.57 Å². The Morgan fingerprint density at radius 2 is 2.13 bits per heavy atom. The molecule has 0 aliphatic carbocycles. The number of fused-ring (bicyclic) bond motifs is 1. The number of rotatable bonds is 6. The quantitative estimate of drug-likeness (QED) is 0.751. The molecule has 0 spiro atoms. The minimum atomic E-state index is -0.802. The lowest BCUT2D eigenvalue weighted by Gasteiger charge is -2.15. The zero-order valence-corrected chi connectivity index (χ0v) is 12.8. The van der Waals surface area contributed by atoms with E-state index in [1.54, 1.807) is 43.5 Å². The molecule has 1 atom stereocenters. The number of hydrogen-bond donors (Lipinski definition) is 1. The highest BCUT2D eigenvalue weighted by Crippen LogP contribution is 2.08. The van der Waals surface area contributed by atoms with Gasteiger partial charge in [-0.1, -0.05) is 12.1 Å². The Hall–Kier alpha value is -2.44. The summed E-state index contributed by atoms with van der Waals surface area (Å²) in [7, 11) is 0. The summed E-state index contributed by atoms with van der Waals surface area (Å²) in [5.41, 5.74) is 0.507. The molecule has 3 rings (SSSR count). The minimum Gasteiger partial charge on any atom is -0.467 e. The van der Waals surface area contributed by atoms with E-state index in [1.807, 2.05) is 6.07 Å². The van der Waals surface area contributed by atoms with Gasteiger partial charge >= 0.3 is 0 Å². The number of nitrogens with zero attached hydrogens (tertiary/aromatic N) is 2. The van der Waals surface area contributed by atoms with Gasteiger partial charge in [0.2, 0.25) is 0 Å². The van der Waals surface area contributed by atoms with Crippen molar-refractivity contribution in [3.8, 4) is 0 Å². The molecule has 1 N–H and O–H groups in total. The van der Waals surface area contributed by atoms with Crippen LogP contribution in [0, 0.1) is 6.92 Å². The maximum Gasteiger partial charge on any atom is 0.261 e. The van der Waals surface area contributed by atoms with E-state index in [2.05, 4.69) is 4.98 Å². The van der Waals surface area contributed by atoms with Gasteiger partial charge in [-0.2, -0.15) is 0 Å². The summed E-state index contributed by atoms with van der Waals surface area (Å²) in [5, 5.41) is 10.7. The number of furan rings is 1. The first-order valence-corrected chi connectivity index (χ1v) is 7.39. The molecule has 0 radical (unpaired) electrons. The van der Waals surface area contributed by atoms with Crippen LogP contribution in [0.4, 0.5) is 0 Å². The van der Waals surface area contributed by atoms with Crippen LogP contribution in [0.1, 0.15) is 11.6 Å². The topological polar surface area (TPSA) is 77.5 Å². The fraction of sp³-hybridized carbons (Fsp3) is 0.294. The van der Waals surface area contributed by atoms with Crippen molar-refractivity contribution in [1.82, 2.24) is 9.55 Å². The molecule has 0 amide bonds. The molecule has 0 aliphatic rings. The second-order valence-corrected chi connectivity index (χ2v) is 5.34. The average Bonchev–Trinajstić information content (AvgIpc) is 3.05. The Kier molecular flexibility index (Phi) is 4.55. The summed E-state index contributed by atoms with van der Waals surface area (Å²) in [6, 6.07) is 10.8. The van der Waals surface area contributed by atoms with Gasteiger partial charge in [-0.15, -0.1) is 0 Å². The van der Waals surface area contributed by atoms with Crippen LogP contribution in [0.5, 0.6) is 0 Å². The molecule has 0 saturated carbocycles. The number of aryl methyl sites for hydroxylation is 1. The summed E-state index contributed by atoms with van der Waals surface area (Å²) in [5.74, 6) is 1.26. The molecule has 0 saturated heterocycles. The predicted octanol–water partition coefficient (Wildman–Crippen LogP) is 1.88. The second kappa shape index (κ2) is 6.76. The summed E-state index contributed by atoms with van der Waals surface area (Å²) < 4.78 is 12.0. The Labute approximate surface area is 133 Å². The highest BCUT2D eigenvalue weighted by Gasteiger charge is 2.12. The number of hydrogen-bond acceptors (Lipinski definition) is 5. The lowest BCUT2D eigenvalue weighted by molar-refractivity contribution is 0.0139. The molecule has 6 heteroatoms. The van der Waals surface area contributed by atoms with Gasteiger partial charge in [0.25, 0.3) is 5.56 Å². The first-order chi connectivity index (χ1) is 11.1. The van der Waals surface area contributed by atoms with Crippen molar-refractivity contribution in [3.63, 3.8) is 0 Å². The summed E-state index contributed by atoms with van der Waals surface area (Å²) in [6.45, 7) is 2.29. The van der Waals surface area contributed by atoms with E-state index in [0.717, 1.165) is 0 Å². The number of para-hydroxylation sites is 1. The zero-order chi connectivity index (χ0) is 16.2. The lowest BCUT2D eigenvalue weighted by Crippen LogP contribution is -2.31. The monoisotopic (exact) mass is 314 g/mol. The van der Waals surface area contributed by atoms with Gasteiger partial charge in [0.1, 0.15) is 18.2 Å². The van der Waals surface area contributed by atoms with E-state index in [4.69, 9.17) is 9.15 Å². The van der Waals surface area contributed by atoms with E-state index in [-0.39, 0.29) is 25.3 Å². The van der Waals surface area contributed by atoms with Gasteiger partial charge in [0.05, 0.1) is 36.4 Å². The molecule has 1 aromatic carbocycles. The van der Waals surface area contributed by atoms with E-state index in [9.17, 15) is 9.90 Å². The summed E-state index contributed by atoms with van der Waals surface area (Å²) in [4.78, 5) is 16.9. The third kappa shape index (κ3) is 3.49. The lowest BCUT2D eigenvalue weighted by atomic mass is 10.2. The molecular formula is C17H18N2O4. The van der Waals surface area contributed by atoms with E-state index in [0.29, 0.717) is 22.5 Å². The Bertz CT molecular complexity index is 839. The zero-order valence-electron chi connectivity index (χ0n) is 12.8. The molecule has 0 bridgehead atoms. The highest BCUT2D eigenvalue weighted by atomic mass is 16.5. The number of aromatic nitrogens is 2. The number of benzene rings is 1. The maximum atomic E-state index is 12.5. The van der Waals surface area contributed by atoms with Gasteiger partial charge in [0, 0.05) is 0 Å². The van der Waals surface area contributed by atoms with Crippen molar-refractivity contribution in [1.29, 1.82) is 0 Å². The van der Waals surface area contributed by atoms with E-state index >= 15 is 0 Å². The van der Waals surface area contributed by atoms with Crippen LogP contribution in [0.25, 0.3) is 10.9 Å². The molecule has 23 heavy (non-hydrogen) atoms. The van der Waals surface area contributed by atoms with Crippen LogP contribution in [0.3, 0.4) is 0 Å². The van der Waals surface area contributed by atoms with Crippen molar-refractivity contribution >= 4 is 10.9 Å². The molecule has 6 nitrogen and oxygen atoms in total. The Morgan fingerprint density at radius 3 is 2.91 bits per heavy atom. The molecular weight excluding hydrogens is 296 g/mol. The predicted molar refractivity (Wildman–Crippen MR) is 85.1 cm³/mol. The first-order valence-electron chi connectivity index (χ1n) is 7.39. The fourth-order valence-corrected chi connectivity index (χ4v) is 2.45. The van der Waals surface area contributed by atoms with Crippen LogP contribution >= 0.6 is 0 Å². The normalized spacial score (nSPS) is 12.6. The van der Waals surface area contributed by atoms with Gasteiger partial charge in [0.15, 0.2) is 0 Å². The fourth-order valence-electron chi connectivity index (χ4n) is 2.45. The van der Waals surface area contributed by atoms with Crippen molar-refractivity contribution in [2.24, 2.45) is 0 Å². The van der Waals surface area contributed by atoms with Crippen molar-refractivity contribution in [2.45, 2.75) is 26.2 Å². The van der Waals surface area contributed by atoms with Gasteiger partial charge in [-0.05, 0) is 31.2 Å². The average molecular weight is 314 g/mol. The van der Waals surface area contributed by atoms with Crippen molar-refractivity contribution in [2.75, 3.05) is 6.61 Å². The number of ether oxygens (including phenoxy) is 1. The molecule has 2 aromatic heterocycles. The Balaban J connectivity index is 1.69. The first kappa shape index (κ1) is 15.5. The third-order valence-electron chi connectivity index (χ3n) is 3.58. The minimum absolute atomic E-state index is 0.111. The molecule has 0 fully saturated rings. The van der Waals surface area contributed by atoms with Gasteiger partial charge in [-0.3, -0.25) is 9.36 Å². The van der Waals surface area contributed by atoms with Crippen LogP contribution in [0.2, 0.25) is 0 Å². The smallest absolute Gasteiger partial charge is 0.261 e. The van der Waals surface area contributed by atoms with Gasteiger partial charge < -0.3 is 14.3 Å².